The summed E-state index contributed by atoms with van der Waals surface area (Å²) >= 11 is 0. The molecule has 0 saturated carbocycles. The van der Waals surface area contributed by atoms with E-state index >= 15 is 0 Å². The lowest BCUT2D eigenvalue weighted by molar-refractivity contribution is -0.127. The fourth-order valence-corrected chi connectivity index (χ4v) is 3.88. The molecule has 1 N–H and O–H groups in total. The van der Waals surface area contributed by atoms with E-state index in [4.69, 9.17) is 4.74 Å². The predicted octanol–water partition coefficient (Wildman–Crippen LogP) is 1.73. The number of likely N-dealkylation sites (tertiary alicyclic amines) is 1. The summed E-state index contributed by atoms with van der Waals surface area (Å²) in [5.41, 5.74) is 4.73. The van der Waals surface area contributed by atoms with Crippen LogP contribution >= 0.6 is 0 Å². The van der Waals surface area contributed by atoms with Crippen molar-refractivity contribution in [2.24, 2.45) is 7.05 Å². The first-order chi connectivity index (χ1) is 12.0. The van der Waals surface area contributed by atoms with Crippen LogP contribution in [-0.4, -0.2) is 40.3 Å². The summed E-state index contributed by atoms with van der Waals surface area (Å²) in [5, 5.41) is 7.94. The Morgan fingerprint density at radius 1 is 1.36 bits per heavy atom. The lowest BCUT2D eigenvalue weighted by Gasteiger charge is -2.25. The lowest BCUT2D eigenvalue weighted by atomic mass is 10.0. The first-order valence-electron chi connectivity index (χ1n) is 8.76. The maximum atomic E-state index is 12.3. The molecular weight excluding hydrogens is 316 g/mol. The summed E-state index contributed by atoms with van der Waals surface area (Å²) < 4.78 is 7.43. The molecule has 0 radical (unpaired) electrons. The van der Waals surface area contributed by atoms with E-state index in [0.717, 1.165) is 36.6 Å². The predicted molar refractivity (Wildman–Crippen MR) is 94.3 cm³/mol. The van der Waals surface area contributed by atoms with Crippen molar-refractivity contribution in [1.82, 2.24) is 20.0 Å². The minimum Gasteiger partial charge on any atom is -0.493 e. The summed E-state index contributed by atoms with van der Waals surface area (Å²) in [4.78, 5) is 14.1. The van der Waals surface area contributed by atoms with Gasteiger partial charge in [0.05, 0.1) is 18.8 Å². The number of fused-ring (bicyclic) bond motifs is 1. The number of aryl methyl sites for hydroxylation is 1. The van der Waals surface area contributed by atoms with E-state index in [2.05, 4.69) is 29.5 Å². The van der Waals surface area contributed by atoms with Crippen LogP contribution in [0.15, 0.2) is 24.4 Å². The smallest absolute Gasteiger partial charge is 0.224 e. The van der Waals surface area contributed by atoms with Gasteiger partial charge in [0.25, 0.3) is 0 Å². The average Bonchev–Trinajstić information content (AvgIpc) is 3.27. The first-order valence-corrected chi connectivity index (χ1v) is 8.76. The third kappa shape index (κ3) is 2.80. The molecule has 132 valence electrons. The van der Waals surface area contributed by atoms with Gasteiger partial charge in [0.15, 0.2) is 0 Å². The second kappa shape index (κ2) is 6.19. The molecule has 2 aliphatic rings. The van der Waals surface area contributed by atoms with Gasteiger partial charge in [-0.05, 0) is 24.1 Å². The molecule has 6 nitrogen and oxygen atoms in total. The van der Waals surface area contributed by atoms with Crippen molar-refractivity contribution >= 4 is 5.91 Å². The topological polar surface area (TPSA) is 59.4 Å². The Morgan fingerprint density at radius 3 is 2.96 bits per heavy atom. The number of amides is 1. The number of hydrogen-bond donors (Lipinski definition) is 1. The number of nitrogens with zero attached hydrogens (tertiary/aromatic N) is 3. The van der Waals surface area contributed by atoms with Gasteiger partial charge < -0.3 is 15.0 Å². The number of hydrogen-bond acceptors (Lipinski definition) is 4. The molecular formula is C19H24N4O2. The summed E-state index contributed by atoms with van der Waals surface area (Å²) in [6.07, 6.45) is 3.38. The number of carbonyl (C=O) groups excluding carboxylic acids is 1. The number of benzene rings is 1. The average molecular weight is 340 g/mol. The molecule has 25 heavy (non-hydrogen) atoms. The fourth-order valence-electron chi connectivity index (χ4n) is 3.88. The van der Waals surface area contributed by atoms with Crippen molar-refractivity contribution in [2.45, 2.75) is 38.4 Å². The van der Waals surface area contributed by atoms with Crippen molar-refractivity contribution in [3.05, 3.63) is 46.8 Å². The molecule has 1 aromatic heterocycles. The van der Waals surface area contributed by atoms with Gasteiger partial charge in [-0.25, -0.2) is 0 Å². The molecule has 3 heterocycles. The van der Waals surface area contributed by atoms with Crippen LogP contribution in [0.25, 0.3) is 0 Å². The summed E-state index contributed by atoms with van der Waals surface area (Å²) in [5.74, 6) is 1.18. The zero-order valence-electron chi connectivity index (χ0n) is 15.0. The highest BCUT2D eigenvalue weighted by Gasteiger charge is 2.39. The van der Waals surface area contributed by atoms with Gasteiger partial charge >= 0.3 is 0 Å². The third-order valence-electron chi connectivity index (χ3n) is 5.50. The third-order valence-corrected chi connectivity index (χ3v) is 5.50. The summed E-state index contributed by atoms with van der Waals surface area (Å²) in [6.45, 7) is 3.57. The van der Waals surface area contributed by atoms with E-state index in [-0.39, 0.29) is 18.0 Å². The maximum Gasteiger partial charge on any atom is 0.224 e. The first kappa shape index (κ1) is 16.1. The summed E-state index contributed by atoms with van der Waals surface area (Å²) in [6, 6.07) is 6.47. The van der Waals surface area contributed by atoms with Crippen molar-refractivity contribution in [1.29, 1.82) is 0 Å². The number of likely N-dealkylation sites (N-methyl/N-ethyl adjacent to an activating group) is 1. The fraction of sp³-hybridized carbons (Fsp3) is 0.474. The molecule has 1 amide bonds. The molecule has 0 unspecified atom stereocenters. The van der Waals surface area contributed by atoms with Crippen molar-refractivity contribution in [3.63, 3.8) is 0 Å². The van der Waals surface area contributed by atoms with Crippen LogP contribution in [0.3, 0.4) is 0 Å². The summed E-state index contributed by atoms with van der Waals surface area (Å²) in [7, 11) is 3.82. The lowest BCUT2D eigenvalue weighted by Crippen LogP contribution is -2.35. The van der Waals surface area contributed by atoms with Crippen LogP contribution in [0.2, 0.25) is 0 Å². The standard InChI is InChI=1S/C19H24N4O2/c1-12-15(11-21-23(12)3)19-16(9-18(24)22(19)2)20-10-13-4-5-17-14(8-13)6-7-25-17/h4-5,8,11,16,19-20H,6-7,9-10H2,1-3H3/t16-,19+/m1/s1. The monoisotopic (exact) mass is 340 g/mol. The van der Waals surface area contributed by atoms with Crippen molar-refractivity contribution < 1.29 is 9.53 Å². The van der Waals surface area contributed by atoms with Crippen molar-refractivity contribution in [3.8, 4) is 5.75 Å². The molecule has 1 aromatic carbocycles. The van der Waals surface area contributed by atoms with Crippen molar-refractivity contribution in [2.75, 3.05) is 13.7 Å². The molecule has 2 aliphatic heterocycles. The van der Waals surface area contributed by atoms with Gasteiger partial charge in [0.2, 0.25) is 5.91 Å². The zero-order chi connectivity index (χ0) is 17.6. The minimum atomic E-state index is 0.0268. The van der Waals surface area contributed by atoms with Gasteiger partial charge in [0.1, 0.15) is 5.75 Å². The zero-order valence-corrected chi connectivity index (χ0v) is 15.0. The number of aromatic nitrogens is 2. The van der Waals surface area contributed by atoms with Crippen LogP contribution in [0.1, 0.15) is 34.8 Å². The Bertz CT molecular complexity index is 814. The van der Waals surface area contributed by atoms with Crippen LogP contribution in [0.4, 0.5) is 0 Å². The van der Waals surface area contributed by atoms with Crippen LogP contribution in [0, 0.1) is 6.92 Å². The molecule has 2 aromatic rings. The van der Waals surface area contributed by atoms with Crippen LogP contribution < -0.4 is 10.1 Å². The second-order valence-corrected chi connectivity index (χ2v) is 6.99. The molecule has 0 spiro atoms. The maximum absolute atomic E-state index is 12.3. The highest BCUT2D eigenvalue weighted by Crippen LogP contribution is 2.34. The highest BCUT2D eigenvalue weighted by atomic mass is 16.5. The Balaban J connectivity index is 1.52. The number of carbonyl (C=O) groups is 1. The van der Waals surface area contributed by atoms with Gasteiger partial charge in [-0.15, -0.1) is 0 Å². The van der Waals surface area contributed by atoms with Gasteiger partial charge in [-0.3, -0.25) is 9.48 Å². The van der Waals surface area contributed by atoms with E-state index in [0.29, 0.717) is 6.42 Å². The second-order valence-electron chi connectivity index (χ2n) is 6.99. The molecule has 6 heteroatoms. The van der Waals surface area contributed by atoms with Gasteiger partial charge in [-0.2, -0.15) is 5.10 Å². The molecule has 1 fully saturated rings. The normalized spacial score (nSPS) is 22.4. The SMILES string of the molecule is Cc1c([C@H]2[C@H](NCc3ccc4c(c3)CCO4)CC(=O)N2C)cnn1C. The quantitative estimate of drug-likeness (QED) is 0.921. The largest absolute Gasteiger partial charge is 0.493 e. The van der Waals surface area contributed by atoms with E-state index in [1.165, 1.54) is 11.1 Å². The number of nitrogens with one attached hydrogen (secondary N) is 1. The van der Waals surface area contributed by atoms with Gasteiger partial charge in [0, 0.05) is 50.8 Å². The Kier molecular flexibility index (Phi) is 4.00. The molecule has 4 rings (SSSR count). The molecule has 2 atom stereocenters. The van der Waals surface area contributed by atoms with E-state index in [9.17, 15) is 4.79 Å². The Morgan fingerprint density at radius 2 is 2.20 bits per heavy atom. The molecule has 0 bridgehead atoms. The van der Waals surface area contributed by atoms with E-state index < -0.39 is 0 Å². The van der Waals surface area contributed by atoms with Crippen LogP contribution in [-0.2, 0) is 24.8 Å². The Labute approximate surface area is 147 Å². The number of ether oxygens (including phenoxy) is 1. The van der Waals surface area contributed by atoms with Gasteiger partial charge in [-0.1, -0.05) is 12.1 Å². The molecule has 0 aliphatic carbocycles. The Hall–Kier alpha value is -2.34. The number of rotatable bonds is 4. The van der Waals surface area contributed by atoms with E-state index in [1.807, 2.05) is 35.9 Å². The van der Waals surface area contributed by atoms with Crippen LogP contribution in [0.5, 0.6) is 5.75 Å². The molecule has 1 saturated heterocycles. The highest BCUT2D eigenvalue weighted by molar-refractivity contribution is 5.80. The minimum absolute atomic E-state index is 0.0268. The van der Waals surface area contributed by atoms with E-state index in [1.54, 1.807) is 0 Å².